The van der Waals surface area contributed by atoms with E-state index in [1.54, 1.807) is 17.0 Å². The number of carbonyl (C=O) groups is 1. The zero-order valence-corrected chi connectivity index (χ0v) is 9.60. The lowest BCUT2D eigenvalue weighted by atomic mass is 10.1. The quantitative estimate of drug-likeness (QED) is 0.843. The first-order valence-electron chi connectivity index (χ1n) is 5.85. The van der Waals surface area contributed by atoms with Crippen molar-refractivity contribution in [3.63, 3.8) is 0 Å². The van der Waals surface area contributed by atoms with Crippen LogP contribution < -0.4 is 0 Å². The van der Waals surface area contributed by atoms with Gasteiger partial charge in [0.1, 0.15) is 5.82 Å². The summed E-state index contributed by atoms with van der Waals surface area (Å²) >= 11 is 0. The van der Waals surface area contributed by atoms with E-state index in [1.165, 1.54) is 12.1 Å². The van der Waals surface area contributed by atoms with E-state index in [0.717, 1.165) is 18.4 Å². The Morgan fingerprint density at radius 1 is 1.41 bits per heavy atom. The third-order valence-corrected chi connectivity index (χ3v) is 3.02. The van der Waals surface area contributed by atoms with E-state index in [2.05, 4.69) is 0 Å². The summed E-state index contributed by atoms with van der Waals surface area (Å²) in [6.45, 7) is 1.12. The van der Waals surface area contributed by atoms with Gasteiger partial charge in [0.05, 0.1) is 12.5 Å². The lowest BCUT2D eigenvalue weighted by molar-refractivity contribution is -0.133. The van der Waals surface area contributed by atoms with Crippen LogP contribution in [-0.4, -0.2) is 35.1 Å². The molecule has 4 heteroatoms. The highest BCUT2D eigenvalue weighted by Gasteiger charge is 2.21. The first-order valence-corrected chi connectivity index (χ1v) is 5.85. The van der Waals surface area contributed by atoms with Crippen molar-refractivity contribution in [2.45, 2.75) is 25.4 Å². The number of piperidine rings is 1. The van der Waals surface area contributed by atoms with E-state index >= 15 is 0 Å². The molecule has 1 saturated heterocycles. The van der Waals surface area contributed by atoms with Crippen molar-refractivity contribution in [1.82, 2.24) is 4.90 Å². The lowest BCUT2D eigenvalue weighted by Gasteiger charge is -2.30. The number of carbonyl (C=O) groups excluding carboxylic acids is 1. The molecule has 0 radical (unpaired) electrons. The van der Waals surface area contributed by atoms with Gasteiger partial charge in [-0.05, 0) is 30.5 Å². The Labute approximate surface area is 99.9 Å². The fourth-order valence-corrected chi connectivity index (χ4v) is 2.07. The molecule has 1 aliphatic rings. The molecule has 1 aromatic rings. The van der Waals surface area contributed by atoms with Gasteiger partial charge < -0.3 is 10.0 Å². The molecule has 3 nitrogen and oxygen atoms in total. The summed E-state index contributed by atoms with van der Waals surface area (Å²) in [6.07, 6.45) is 1.48. The monoisotopic (exact) mass is 237 g/mol. The largest absolute Gasteiger partial charge is 0.391 e. The molecule has 0 aromatic heterocycles. The Morgan fingerprint density at radius 2 is 2.12 bits per heavy atom. The molecule has 1 fully saturated rings. The van der Waals surface area contributed by atoms with Gasteiger partial charge in [-0.25, -0.2) is 4.39 Å². The standard InChI is InChI=1S/C13H16FNO2/c14-11-5-3-10(4-6-11)8-13(17)15-7-1-2-12(16)9-15/h3-6,12,16H,1-2,7-9H2/t12-/m0/s1. The molecule has 2 rings (SSSR count). The third kappa shape index (κ3) is 3.27. The number of halogens is 1. The molecule has 1 atom stereocenters. The molecule has 1 aromatic carbocycles. The normalized spacial score (nSPS) is 20.4. The Morgan fingerprint density at radius 3 is 2.76 bits per heavy atom. The summed E-state index contributed by atoms with van der Waals surface area (Å²) in [4.78, 5) is 13.6. The van der Waals surface area contributed by atoms with E-state index in [1.807, 2.05) is 0 Å². The van der Waals surface area contributed by atoms with Crippen LogP contribution in [0.1, 0.15) is 18.4 Å². The molecule has 0 spiro atoms. The minimum atomic E-state index is -0.402. The highest BCUT2D eigenvalue weighted by atomic mass is 19.1. The number of benzene rings is 1. The number of hydrogen-bond donors (Lipinski definition) is 1. The number of β-amino-alcohol motifs (C(OH)–C–C–N with tert-alkyl or cyclic N) is 1. The molecule has 92 valence electrons. The first-order chi connectivity index (χ1) is 8.15. The van der Waals surface area contributed by atoms with E-state index in [9.17, 15) is 14.3 Å². The van der Waals surface area contributed by atoms with Crippen molar-refractivity contribution in [3.05, 3.63) is 35.6 Å². The molecule has 0 saturated carbocycles. The van der Waals surface area contributed by atoms with Gasteiger partial charge in [-0.1, -0.05) is 12.1 Å². The lowest BCUT2D eigenvalue weighted by Crippen LogP contribution is -2.42. The minimum Gasteiger partial charge on any atom is -0.391 e. The molecule has 1 heterocycles. The molecule has 0 unspecified atom stereocenters. The fourth-order valence-electron chi connectivity index (χ4n) is 2.07. The number of hydrogen-bond acceptors (Lipinski definition) is 2. The van der Waals surface area contributed by atoms with E-state index < -0.39 is 6.10 Å². The third-order valence-electron chi connectivity index (χ3n) is 3.02. The number of rotatable bonds is 2. The van der Waals surface area contributed by atoms with Crippen LogP contribution in [0.15, 0.2) is 24.3 Å². The second kappa shape index (κ2) is 5.27. The highest BCUT2D eigenvalue weighted by Crippen LogP contribution is 2.12. The maximum absolute atomic E-state index is 12.7. The minimum absolute atomic E-state index is 0.00430. The summed E-state index contributed by atoms with van der Waals surface area (Å²) in [5.41, 5.74) is 0.802. The molecule has 0 aliphatic carbocycles. The molecular formula is C13H16FNO2. The van der Waals surface area contributed by atoms with Gasteiger partial charge in [-0.2, -0.15) is 0 Å². The van der Waals surface area contributed by atoms with Crippen molar-refractivity contribution >= 4 is 5.91 Å². The first kappa shape index (κ1) is 12.0. The van der Waals surface area contributed by atoms with Crippen molar-refractivity contribution in [3.8, 4) is 0 Å². The molecule has 1 N–H and O–H groups in total. The average Bonchev–Trinajstić information content (AvgIpc) is 2.32. The Balaban J connectivity index is 1.94. The predicted molar refractivity (Wildman–Crippen MR) is 61.9 cm³/mol. The van der Waals surface area contributed by atoms with Crippen molar-refractivity contribution in [2.75, 3.05) is 13.1 Å². The zero-order chi connectivity index (χ0) is 12.3. The van der Waals surface area contributed by atoms with Crippen LogP contribution in [-0.2, 0) is 11.2 Å². The molecule has 1 amide bonds. The maximum atomic E-state index is 12.7. The van der Waals surface area contributed by atoms with Gasteiger partial charge >= 0.3 is 0 Å². The Bertz CT molecular complexity index is 391. The van der Waals surface area contributed by atoms with Crippen LogP contribution in [0, 0.1) is 5.82 Å². The van der Waals surface area contributed by atoms with Gasteiger partial charge in [0.2, 0.25) is 5.91 Å². The zero-order valence-electron chi connectivity index (χ0n) is 9.60. The summed E-state index contributed by atoms with van der Waals surface area (Å²) in [5, 5.41) is 9.49. The Kier molecular flexibility index (Phi) is 3.74. The average molecular weight is 237 g/mol. The molecular weight excluding hydrogens is 221 g/mol. The number of aliphatic hydroxyl groups excluding tert-OH is 1. The van der Waals surface area contributed by atoms with Crippen molar-refractivity contribution < 1.29 is 14.3 Å². The van der Waals surface area contributed by atoms with E-state index in [0.29, 0.717) is 13.1 Å². The van der Waals surface area contributed by atoms with Crippen molar-refractivity contribution in [2.24, 2.45) is 0 Å². The van der Waals surface area contributed by atoms with Crippen LogP contribution >= 0.6 is 0 Å². The van der Waals surface area contributed by atoms with Crippen LogP contribution in [0.2, 0.25) is 0 Å². The summed E-state index contributed by atoms with van der Waals surface area (Å²) in [7, 11) is 0. The van der Waals surface area contributed by atoms with Crippen LogP contribution in [0.5, 0.6) is 0 Å². The van der Waals surface area contributed by atoms with Crippen LogP contribution in [0.3, 0.4) is 0 Å². The molecule has 0 bridgehead atoms. The smallest absolute Gasteiger partial charge is 0.227 e. The van der Waals surface area contributed by atoms with Crippen LogP contribution in [0.25, 0.3) is 0 Å². The molecule has 17 heavy (non-hydrogen) atoms. The summed E-state index contributed by atoms with van der Waals surface area (Å²) in [5.74, 6) is -0.301. The van der Waals surface area contributed by atoms with E-state index in [4.69, 9.17) is 0 Å². The van der Waals surface area contributed by atoms with Crippen molar-refractivity contribution in [1.29, 1.82) is 0 Å². The topological polar surface area (TPSA) is 40.5 Å². The SMILES string of the molecule is O=C(Cc1ccc(F)cc1)N1CCC[C@H](O)C1. The van der Waals surface area contributed by atoms with Gasteiger partial charge in [-0.15, -0.1) is 0 Å². The van der Waals surface area contributed by atoms with Gasteiger partial charge in [0.15, 0.2) is 0 Å². The predicted octanol–water partition coefficient (Wildman–Crippen LogP) is 1.35. The summed E-state index contributed by atoms with van der Waals surface area (Å²) in [6, 6.07) is 5.95. The fraction of sp³-hybridized carbons (Fsp3) is 0.462. The second-order valence-electron chi connectivity index (χ2n) is 4.44. The Hall–Kier alpha value is -1.42. The van der Waals surface area contributed by atoms with Gasteiger partial charge in [-0.3, -0.25) is 4.79 Å². The highest BCUT2D eigenvalue weighted by molar-refractivity contribution is 5.78. The second-order valence-corrected chi connectivity index (χ2v) is 4.44. The molecule has 1 aliphatic heterocycles. The van der Waals surface area contributed by atoms with Gasteiger partial charge in [0.25, 0.3) is 0 Å². The number of aliphatic hydroxyl groups is 1. The van der Waals surface area contributed by atoms with E-state index in [-0.39, 0.29) is 18.1 Å². The number of nitrogens with zero attached hydrogens (tertiary/aromatic N) is 1. The number of amides is 1. The summed E-state index contributed by atoms with van der Waals surface area (Å²) < 4.78 is 12.7. The maximum Gasteiger partial charge on any atom is 0.227 e. The number of likely N-dealkylation sites (tertiary alicyclic amines) is 1. The van der Waals surface area contributed by atoms with Crippen LogP contribution in [0.4, 0.5) is 4.39 Å². The van der Waals surface area contributed by atoms with Gasteiger partial charge in [0, 0.05) is 13.1 Å².